The lowest BCUT2D eigenvalue weighted by molar-refractivity contribution is -0.143. The van der Waals surface area contributed by atoms with Gasteiger partial charge in [-0.25, -0.2) is 0 Å². The van der Waals surface area contributed by atoms with Gasteiger partial charge in [0.05, 0.1) is 25.4 Å². The molecule has 0 saturated heterocycles. The van der Waals surface area contributed by atoms with Crippen molar-refractivity contribution in [1.29, 1.82) is 0 Å². The fourth-order valence-electron chi connectivity index (χ4n) is 8.98. The molecule has 0 rings (SSSR count). The van der Waals surface area contributed by atoms with Crippen LogP contribution in [0.15, 0.2) is 24.3 Å². The number of aliphatic hydroxyl groups excluding tert-OH is 2. The van der Waals surface area contributed by atoms with E-state index in [2.05, 4.69) is 43.5 Å². The molecule has 3 N–H and O–H groups in total. The van der Waals surface area contributed by atoms with Gasteiger partial charge in [-0.2, -0.15) is 0 Å². The van der Waals surface area contributed by atoms with E-state index in [9.17, 15) is 19.8 Å². The van der Waals surface area contributed by atoms with E-state index in [-0.39, 0.29) is 18.5 Å². The topological polar surface area (TPSA) is 95.9 Å². The van der Waals surface area contributed by atoms with Crippen LogP contribution in [0.25, 0.3) is 0 Å². The minimum absolute atomic E-state index is 0.000738. The number of ether oxygens (including phenoxy) is 1. The van der Waals surface area contributed by atoms with Crippen LogP contribution in [0, 0.1) is 0 Å². The van der Waals surface area contributed by atoms with Crippen molar-refractivity contribution in [3.8, 4) is 0 Å². The lowest BCUT2D eigenvalue weighted by Crippen LogP contribution is -2.45. The van der Waals surface area contributed by atoms with E-state index in [1.807, 2.05) is 0 Å². The maximum Gasteiger partial charge on any atom is 0.305 e. The highest BCUT2D eigenvalue weighted by atomic mass is 16.5. The first-order chi connectivity index (χ1) is 32.0. The Hall–Kier alpha value is -1.66. The van der Waals surface area contributed by atoms with E-state index in [0.29, 0.717) is 25.9 Å². The maximum atomic E-state index is 12.5. The third-order valence-corrected chi connectivity index (χ3v) is 13.5. The fraction of sp³-hybridized carbons (Fsp3) is 0.898. The summed E-state index contributed by atoms with van der Waals surface area (Å²) in [7, 11) is 0. The summed E-state index contributed by atoms with van der Waals surface area (Å²) in [6, 6.07) is -0.545. The highest BCUT2D eigenvalue weighted by molar-refractivity contribution is 5.76. The Bertz CT molecular complexity index is 1010. The molecule has 0 saturated carbocycles. The lowest BCUT2D eigenvalue weighted by atomic mass is 10.0. The van der Waals surface area contributed by atoms with Crippen LogP contribution in [0.3, 0.4) is 0 Å². The molecule has 0 aromatic rings. The summed E-state index contributed by atoms with van der Waals surface area (Å²) in [6.45, 7) is 4.93. The average molecular weight is 917 g/mol. The Morgan fingerprint density at radius 3 is 1.11 bits per heavy atom. The first kappa shape index (κ1) is 63.3. The van der Waals surface area contributed by atoms with E-state index in [4.69, 9.17) is 4.74 Å². The van der Waals surface area contributed by atoms with Gasteiger partial charge in [0.2, 0.25) is 5.91 Å². The average Bonchev–Trinajstić information content (AvgIpc) is 3.31. The van der Waals surface area contributed by atoms with Crippen molar-refractivity contribution in [2.45, 2.75) is 328 Å². The molecule has 0 fully saturated rings. The predicted octanol–water partition coefficient (Wildman–Crippen LogP) is 17.9. The summed E-state index contributed by atoms with van der Waals surface area (Å²) >= 11 is 0. The minimum Gasteiger partial charge on any atom is -0.466 e. The van der Waals surface area contributed by atoms with Crippen molar-refractivity contribution >= 4 is 11.9 Å². The third kappa shape index (κ3) is 51.6. The third-order valence-electron chi connectivity index (χ3n) is 13.5. The molecule has 0 spiro atoms. The zero-order valence-electron chi connectivity index (χ0n) is 43.7. The summed E-state index contributed by atoms with van der Waals surface area (Å²) in [5.74, 6) is -0.0408. The Morgan fingerprint density at radius 2 is 0.723 bits per heavy atom. The van der Waals surface area contributed by atoms with Crippen LogP contribution in [0.4, 0.5) is 0 Å². The number of carbonyl (C=O) groups excluding carboxylic acids is 2. The second-order valence-corrected chi connectivity index (χ2v) is 20.0. The highest BCUT2D eigenvalue weighted by Gasteiger charge is 2.20. The second-order valence-electron chi connectivity index (χ2n) is 20.0. The SMILES string of the molecule is CCCCCC/C=C\CCCCCCCC(=O)OCCCCCCCCCCCCC/C=C\CCCCCCCCCC(=O)NC(CO)C(O)CCCCCCCCCCCCCCC. The van der Waals surface area contributed by atoms with Crippen LogP contribution in [-0.2, 0) is 14.3 Å². The van der Waals surface area contributed by atoms with Crippen molar-refractivity contribution in [3.63, 3.8) is 0 Å². The summed E-state index contributed by atoms with van der Waals surface area (Å²) in [6.07, 6.45) is 66.0. The van der Waals surface area contributed by atoms with Gasteiger partial charge in [-0.3, -0.25) is 9.59 Å². The van der Waals surface area contributed by atoms with Crippen LogP contribution >= 0.6 is 0 Å². The van der Waals surface area contributed by atoms with Gasteiger partial charge in [0, 0.05) is 12.8 Å². The van der Waals surface area contributed by atoms with Crippen LogP contribution in [0.5, 0.6) is 0 Å². The van der Waals surface area contributed by atoms with Gasteiger partial charge in [-0.05, 0) is 77.0 Å². The van der Waals surface area contributed by atoms with E-state index in [1.54, 1.807) is 0 Å². The van der Waals surface area contributed by atoms with Crippen LogP contribution in [0.1, 0.15) is 316 Å². The van der Waals surface area contributed by atoms with Gasteiger partial charge < -0.3 is 20.3 Å². The van der Waals surface area contributed by atoms with Crippen molar-refractivity contribution in [3.05, 3.63) is 24.3 Å². The quantitative estimate of drug-likeness (QED) is 0.0321. The van der Waals surface area contributed by atoms with Crippen LogP contribution in [-0.4, -0.2) is 47.4 Å². The molecule has 0 aliphatic rings. The molecule has 0 aliphatic heterocycles. The monoisotopic (exact) mass is 916 g/mol. The number of allylic oxidation sites excluding steroid dienone is 4. The molecule has 2 atom stereocenters. The number of amides is 1. The molecule has 0 radical (unpaired) electrons. The summed E-state index contributed by atoms with van der Waals surface area (Å²) < 4.78 is 5.47. The molecule has 2 unspecified atom stereocenters. The molecule has 6 heteroatoms. The van der Waals surface area contributed by atoms with Gasteiger partial charge in [-0.15, -0.1) is 0 Å². The van der Waals surface area contributed by atoms with Gasteiger partial charge in [0.1, 0.15) is 0 Å². The zero-order chi connectivity index (χ0) is 47.2. The van der Waals surface area contributed by atoms with Crippen molar-refractivity contribution in [2.75, 3.05) is 13.2 Å². The summed E-state index contributed by atoms with van der Waals surface area (Å²) in [5, 5.41) is 23.2. The van der Waals surface area contributed by atoms with Crippen molar-refractivity contribution in [2.24, 2.45) is 0 Å². The minimum atomic E-state index is -0.667. The van der Waals surface area contributed by atoms with Crippen molar-refractivity contribution < 1.29 is 24.5 Å². The van der Waals surface area contributed by atoms with Crippen LogP contribution in [0.2, 0.25) is 0 Å². The molecule has 0 aromatic carbocycles. The number of hydrogen-bond donors (Lipinski definition) is 3. The first-order valence-corrected chi connectivity index (χ1v) is 29.1. The Balaban J connectivity index is 3.41. The fourth-order valence-corrected chi connectivity index (χ4v) is 8.98. The standard InChI is InChI=1S/C59H113NO5/c1-3-5-7-9-11-13-15-27-31-35-39-43-47-51-57(62)56(55-61)60-58(63)52-48-44-40-36-32-29-25-23-21-19-17-18-20-22-24-26-30-34-38-42-46-50-54-65-59(64)53-49-45-41-37-33-28-16-14-12-10-8-6-4-2/h14,16,19,21,56-57,61-62H,3-13,15,17-18,20,22-55H2,1-2H3,(H,60,63)/b16-14-,21-19-. The van der Waals surface area contributed by atoms with Crippen molar-refractivity contribution in [1.82, 2.24) is 5.32 Å². The molecule has 384 valence electrons. The molecule has 0 aliphatic carbocycles. The van der Waals surface area contributed by atoms with E-state index >= 15 is 0 Å². The van der Waals surface area contributed by atoms with Gasteiger partial charge in [0.15, 0.2) is 0 Å². The van der Waals surface area contributed by atoms with E-state index in [0.717, 1.165) is 44.9 Å². The molecule has 1 amide bonds. The molecular formula is C59H113NO5. The summed E-state index contributed by atoms with van der Waals surface area (Å²) in [5.41, 5.74) is 0. The predicted molar refractivity (Wildman–Crippen MR) is 283 cm³/mol. The number of nitrogens with one attached hydrogen (secondary N) is 1. The number of esters is 1. The smallest absolute Gasteiger partial charge is 0.305 e. The molecule has 6 nitrogen and oxygen atoms in total. The van der Waals surface area contributed by atoms with Crippen LogP contribution < -0.4 is 5.32 Å². The normalized spacial score (nSPS) is 12.7. The second kappa shape index (κ2) is 54.9. The largest absolute Gasteiger partial charge is 0.466 e. The number of carbonyl (C=O) groups is 2. The number of hydrogen-bond acceptors (Lipinski definition) is 5. The molecule has 0 heterocycles. The Labute approximate surface area is 405 Å². The van der Waals surface area contributed by atoms with Gasteiger partial charge in [-0.1, -0.05) is 250 Å². The molecule has 0 bridgehead atoms. The number of unbranched alkanes of at least 4 members (excludes halogenated alkanes) is 39. The highest BCUT2D eigenvalue weighted by Crippen LogP contribution is 2.17. The molecule has 65 heavy (non-hydrogen) atoms. The Kier molecular flexibility index (Phi) is 53.5. The maximum absolute atomic E-state index is 12.5. The lowest BCUT2D eigenvalue weighted by Gasteiger charge is -2.22. The molecular weight excluding hydrogens is 803 g/mol. The zero-order valence-corrected chi connectivity index (χ0v) is 43.7. The number of rotatable bonds is 54. The van der Waals surface area contributed by atoms with Gasteiger partial charge >= 0.3 is 5.97 Å². The molecule has 0 aromatic heterocycles. The first-order valence-electron chi connectivity index (χ1n) is 29.1. The van der Waals surface area contributed by atoms with E-state index in [1.165, 1.54) is 238 Å². The van der Waals surface area contributed by atoms with Gasteiger partial charge in [0.25, 0.3) is 0 Å². The number of aliphatic hydroxyl groups is 2. The Morgan fingerprint density at radius 1 is 0.415 bits per heavy atom. The van der Waals surface area contributed by atoms with E-state index < -0.39 is 12.1 Å². The summed E-state index contributed by atoms with van der Waals surface area (Å²) in [4.78, 5) is 24.5.